The minimum absolute atomic E-state index is 0.111. The highest BCUT2D eigenvalue weighted by Gasteiger charge is 2.00. The highest BCUT2D eigenvalue weighted by atomic mass is 32.2. The molecule has 0 aliphatic rings. The van der Waals surface area contributed by atoms with E-state index < -0.39 is 0 Å². The van der Waals surface area contributed by atoms with Crippen LogP contribution >= 0.6 is 11.8 Å². The van der Waals surface area contributed by atoms with Gasteiger partial charge in [-0.3, -0.25) is 0 Å². The van der Waals surface area contributed by atoms with Crippen molar-refractivity contribution in [2.75, 3.05) is 12.0 Å². The fourth-order valence-electron chi connectivity index (χ4n) is 0.623. The number of nitrogens with zero attached hydrogens (tertiary/aromatic N) is 2. The summed E-state index contributed by atoms with van der Waals surface area (Å²) in [6.07, 6.45) is 4.71. The van der Waals surface area contributed by atoms with Crippen molar-refractivity contribution in [3.05, 3.63) is 11.8 Å². The van der Waals surface area contributed by atoms with Crippen molar-refractivity contribution in [2.45, 2.75) is 39.0 Å². The van der Waals surface area contributed by atoms with E-state index in [1.54, 1.807) is 0 Å². The van der Waals surface area contributed by atoms with Gasteiger partial charge in [0.05, 0.1) is 6.61 Å². The molecule has 0 radical (unpaired) electrons. The molecule has 0 saturated heterocycles. The van der Waals surface area contributed by atoms with Gasteiger partial charge in [-0.05, 0) is 12.2 Å². The van der Waals surface area contributed by atoms with Gasteiger partial charge in [-0.25, -0.2) is 9.97 Å². The van der Waals surface area contributed by atoms with E-state index in [2.05, 4.69) is 30.7 Å². The van der Waals surface area contributed by atoms with E-state index in [-0.39, 0.29) is 6.61 Å². The van der Waals surface area contributed by atoms with E-state index in [4.69, 9.17) is 10.8 Å². The first-order valence-electron chi connectivity index (χ1n) is 5.31. The maximum Gasteiger partial charge on any atom is 0.189 e. The molecule has 0 spiro atoms. The van der Waals surface area contributed by atoms with Gasteiger partial charge in [0.1, 0.15) is 5.82 Å². The lowest BCUT2D eigenvalue weighted by Gasteiger charge is -2.00. The topological polar surface area (TPSA) is 72.0 Å². The summed E-state index contributed by atoms with van der Waals surface area (Å²) in [6, 6.07) is 0. The van der Waals surface area contributed by atoms with Gasteiger partial charge in [0.15, 0.2) is 5.16 Å². The van der Waals surface area contributed by atoms with E-state index in [0.29, 0.717) is 16.5 Å². The maximum atomic E-state index is 8.72. The molecule has 1 rings (SSSR count). The number of nitrogen functional groups attached to an aromatic ring is 1. The maximum absolute atomic E-state index is 8.72. The van der Waals surface area contributed by atoms with E-state index in [0.717, 1.165) is 5.92 Å². The molecule has 0 atom stereocenters. The third-order valence-corrected chi connectivity index (χ3v) is 2.61. The van der Waals surface area contributed by atoms with Crippen molar-refractivity contribution in [2.24, 2.45) is 5.92 Å². The van der Waals surface area contributed by atoms with Crippen LogP contribution in [0.2, 0.25) is 0 Å². The van der Waals surface area contributed by atoms with Gasteiger partial charge < -0.3 is 10.8 Å². The Bertz CT molecular complexity index is 305. The second-order valence-corrected chi connectivity index (χ2v) is 4.50. The Morgan fingerprint density at radius 3 is 2.38 bits per heavy atom. The van der Waals surface area contributed by atoms with E-state index >= 15 is 0 Å². The highest BCUT2D eigenvalue weighted by Crippen LogP contribution is 2.12. The summed E-state index contributed by atoms with van der Waals surface area (Å²) in [5.74, 6) is 1.24. The van der Waals surface area contributed by atoms with E-state index in [1.165, 1.54) is 24.4 Å². The Labute approximate surface area is 102 Å². The van der Waals surface area contributed by atoms with Gasteiger partial charge in [-0.2, -0.15) is 0 Å². The summed E-state index contributed by atoms with van der Waals surface area (Å²) in [6.45, 7) is 6.53. The number of rotatable bonds is 3. The van der Waals surface area contributed by atoms with Crippen molar-refractivity contribution in [3.63, 3.8) is 0 Å². The molecule has 0 saturated carbocycles. The van der Waals surface area contributed by atoms with Crippen molar-refractivity contribution < 1.29 is 5.11 Å². The third kappa shape index (κ3) is 5.92. The average Bonchev–Trinajstić information content (AvgIpc) is 2.29. The molecule has 1 aromatic heterocycles. The number of nitrogens with two attached hydrogens (primary N) is 1. The van der Waals surface area contributed by atoms with Crippen LogP contribution < -0.4 is 5.73 Å². The minimum atomic E-state index is -0.111. The molecule has 0 unspecified atom stereocenters. The molecule has 3 N–H and O–H groups in total. The Morgan fingerprint density at radius 1 is 1.50 bits per heavy atom. The quantitative estimate of drug-likeness (QED) is 0.629. The zero-order valence-electron chi connectivity index (χ0n) is 10.4. The molecule has 0 bridgehead atoms. The van der Waals surface area contributed by atoms with Crippen LogP contribution in [0.25, 0.3) is 0 Å². The first-order valence-corrected chi connectivity index (χ1v) is 6.53. The van der Waals surface area contributed by atoms with Gasteiger partial charge in [0, 0.05) is 11.8 Å². The number of aliphatic hydroxyl groups excluding tert-OH is 1. The Morgan fingerprint density at radius 2 is 2.06 bits per heavy atom. The molecule has 0 fully saturated rings. The zero-order chi connectivity index (χ0) is 12.6. The second-order valence-electron chi connectivity index (χ2n) is 3.73. The van der Waals surface area contributed by atoms with Crippen molar-refractivity contribution in [1.29, 1.82) is 0 Å². The molecule has 92 valence electrons. The monoisotopic (exact) mass is 243 g/mol. The molecule has 1 aromatic rings. The Hall–Kier alpha value is -0.810. The predicted octanol–water partition coefficient (Wildman–Crippen LogP) is 2.33. The SMILES string of the molecule is CCC(C)C.CSc1ncc(CO)c(N)n1. The molecule has 0 aliphatic carbocycles. The van der Waals surface area contributed by atoms with Crippen LogP contribution in [-0.4, -0.2) is 21.3 Å². The van der Waals surface area contributed by atoms with Crippen molar-refractivity contribution in [1.82, 2.24) is 9.97 Å². The lowest BCUT2D eigenvalue weighted by molar-refractivity contribution is 0.281. The van der Waals surface area contributed by atoms with Crippen LogP contribution in [0.1, 0.15) is 32.8 Å². The Balaban J connectivity index is 0.000000385. The van der Waals surface area contributed by atoms with Gasteiger partial charge in [0.25, 0.3) is 0 Å². The highest BCUT2D eigenvalue weighted by molar-refractivity contribution is 7.98. The fourth-order valence-corrected chi connectivity index (χ4v) is 0.971. The lowest BCUT2D eigenvalue weighted by atomic mass is 10.2. The van der Waals surface area contributed by atoms with Crippen LogP contribution in [-0.2, 0) is 6.61 Å². The smallest absolute Gasteiger partial charge is 0.189 e. The molecule has 1 heterocycles. The average molecular weight is 243 g/mol. The van der Waals surface area contributed by atoms with Crippen molar-refractivity contribution >= 4 is 17.6 Å². The summed E-state index contributed by atoms with van der Waals surface area (Å²) in [7, 11) is 0. The summed E-state index contributed by atoms with van der Waals surface area (Å²) in [5, 5.41) is 9.34. The van der Waals surface area contributed by atoms with Gasteiger partial charge >= 0.3 is 0 Å². The number of aromatic nitrogens is 2. The molecule has 4 nitrogen and oxygen atoms in total. The molecule has 0 amide bonds. The predicted molar refractivity (Wildman–Crippen MR) is 69.3 cm³/mol. The summed E-state index contributed by atoms with van der Waals surface area (Å²) >= 11 is 1.42. The first kappa shape index (κ1) is 15.2. The summed E-state index contributed by atoms with van der Waals surface area (Å²) in [4.78, 5) is 7.87. The molecule has 0 aromatic carbocycles. The zero-order valence-corrected chi connectivity index (χ0v) is 11.2. The molecular formula is C11H21N3OS. The number of hydrogen-bond acceptors (Lipinski definition) is 5. The second kappa shape index (κ2) is 8.35. The third-order valence-electron chi connectivity index (χ3n) is 2.05. The van der Waals surface area contributed by atoms with Crippen LogP contribution in [0.4, 0.5) is 5.82 Å². The van der Waals surface area contributed by atoms with Gasteiger partial charge in [-0.15, -0.1) is 0 Å². The van der Waals surface area contributed by atoms with Crippen LogP contribution in [0.15, 0.2) is 11.4 Å². The number of anilines is 1. The first-order chi connectivity index (χ1) is 7.54. The standard InChI is InChI=1S/C6H9N3OS.C5H12/c1-11-6-8-2-4(3-10)5(7)9-6;1-4-5(2)3/h2,10H,3H2,1H3,(H2,7,8,9);5H,4H2,1-3H3. The van der Waals surface area contributed by atoms with Gasteiger partial charge in [0.2, 0.25) is 0 Å². The number of hydrogen-bond donors (Lipinski definition) is 2. The Kier molecular flexibility index (Phi) is 7.93. The van der Waals surface area contributed by atoms with E-state index in [9.17, 15) is 0 Å². The lowest BCUT2D eigenvalue weighted by Crippen LogP contribution is -2.00. The largest absolute Gasteiger partial charge is 0.391 e. The molecule has 0 aliphatic heterocycles. The van der Waals surface area contributed by atoms with Gasteiger partial charge in [-0.1, -0.05) is 39.0 Å². The summed E-state index contributed by atoms with van der Waals surface area (Å²) in [5.41, 5.74) is 6.06. The van der Waals surface area contributed by atoms with Crippen LogP contribution in [0.3, 0.4) is 0 Å². The molecular weight excluding hydrogens is 222 g/mol. The summed E-state index contributed by atoms with van der Waals surface area (Å²) < 4.78 is 0. The van der Waals surface area contributed by atoms with Crippen molar-refractivity contribution in [3.8, 4) is 0 Å². The number of aliphatic hydroxyl groups is 1. The number of thioether (sulfide) groups is 1. The molecule has 16 heavy (non-hydrogen) atoms. The van der Waals surface area contributed by atoms with Crippen LogP contribution in [0, 0.1) is 5.92 Å². The van der Waals surface area contributed by atoms with E-state index in [1.807, 2.05) is 6.26 Å². The minimum Gasteiger partial charge on any atom is -0.391 e. The normalized spacial score (nSPS) is 9.88. The molecule has 5 heteroatoms. The fraction of sp³-hybridized carbons (Fsp3) is 0.636. The van der Waals surface area contributed by atoms with Crippen LogP contribution in [0.5, 0.6) is 0 Å².